The van der Waals surface area contributed by atoms with Gasteiger partial charge in [-0.3, -0.25) is 0 Å². The Morgan fingerprint density at radius 2 is 2.21 bits per heavy atom. The van der Waals surface area contributed by atoms with E-state index in [1.54, 1.807) is 0 Å². The molecular formula is C12H14NO. The SMILES string of the molecule is [c]1ccc(OCCN2C=CCC2)cc1. The van der Waals surface area contributed by atoms with Crippen LogP contribution in [0.25, 0.3) is 0 Å². The van der Waals surface area contributed by atoms with Gasteiger partial charge >= 0.3 is 0 Å². The molecule has 73 valence electrons. The monoisotopic (exact) mass is 188 g/mol. The van der Waals surface area contributed by atoms with Gasteiger partial charge in [0.05, 0.1) is 6.54 Å². The molecule has 0 bridgehead atoms. The van der Waals surface area contributed by atoms with Crippen LogP contribution in [0, 0.1) is 6.07 Å². The molecule has 1 aliphatic rings. The van der Waals surface area contributed by atoms with E-state index in [4.69, 9.17) is 4.74 Å². The third kappa shape index (κ3) is 2.52. The lowest BCUT2D eigenvalue weighted by molar-refractivity contribution is 0.262. The molecule has 2 rings (SSSR count). The standard InChI is InChI=1S/C12H14NO/c1-2-6-12(7-3-1)14-11-10-13-8-4-5-9-13/h2-4,6-8H,5,9-11H2. The summed E-state index contributed by atoms with van der Waals surface area (Å²) in [6.07, 6.45) is 5.50. The molecule has 1 aromatic rings. The molecule has 0 aliphatic carbocycles. The molecule has 0 amide bonds. The third-order valence-corrected chi connectivity index (χ3v) is 2.23. The largest absolute Gasteiger partial charge is 0.492 e. The number of ether oxygens (including phenoxy) is 1. The van der Waals surface area contributed by atoms with E-state index in [9.17, 15) is 0 Å². The van der Waals surface area contributed by atoms with E-state index in [2.05, 4.69) is 23.2 Å². The van der Waals surface area contributed by atoms with Crippen LogP contribution in [0.15, 0.2) is 36.5 Å². The van der Waals surface area contributed by atoms with Crippen LogP contribution in [0.4, 0.5) is 0 Å². The van der Waals surface area contributed by atoms with Gasteiger partial charge in [-0.2, -0.15) is 0 Å². The summed E-state index contributed by atoms with van der Waals surface area (Å²) in [6, 6.07) is 10.6. The number of nitrogens with zero attached hydrogens (tertiary/aromatic N) is 1. The Labute approximate surface area is 84.8 Å². The maximum Gasteiger partial charge on any atom is 0.119 e. The van der Waals surface area contributed by atoms with Crippen LogP contribution in [-0.2, 0) is 0 Å². The minimum Gasteiger partial charge on any atom is -0.492 e. The first-order chi connectivity index (χ1) is 6.95. The van der Waals surface area contributed by atoms with Gasteiger partial charge < -0.3 is 9.64 Å². The lowest BCUT2D eigenvalue weighted by Gasteiger charge is -2.15. The summed E-state index contributed by atoms with van der Waals surface area (Å²) in [5, 5.41) is 0. The van der Waals surface area contributed by atoms with Gasteiger partial charge in [0.2, 0.25) is 0 Å². The summed E-state index contributed by atoms with van der Waals surface area (Å²) >= 11 is 0. The highest BCUT2D eigenvalue weighted by atomic mass is 16.5. The molecule has 0 aromatic heterocycles. The number of hydrogen-bond donors (Lipinski definition) is 0. The van der Waals surface area contributed by atoms with Gasteiger partial charge in [-0.25, -0.2) is 0 Å². The summed E-state index contributed by atoms with van der Waals surface area (Å²) in [5.74, 6) is 0.923. The minimum absolute atomic E-state index is 0.744. The molecule has 2 nitrogen and oxygen atoms in total. The van der Waals surface area contributed by atoms with E-state index in [1.807, 2.05) is 24.3 Å². The molecular weight excluding hydrogens is 174 g/mol. The van der Waals surface area contributed by atoms with Crippen molar-refractivity contribution in [3.8, 4) is 5.75 Å². The van der Waals surface area contributed by atoms with Gasteiger partial charge in [0.15, 0.2) is 0 Å². The van der Waals surface area contributed by atoms with Crippen LogP contribution >= 0.6 is 0 Å². The Kier molecular flexibility index (Phi) is 3.06. The average molecular weight is 188 g/mol. The maximum absolute atomic E-state index is 5.57. The Bertz CT molecular complexity index is 294. The highest BCUT2D eigenvalue weighted by molar-refractivity contribution is 5.20. The topological polar surface area (TPSA) is 12.5 Å². The number of benzene rings is 1. The van der Waals surface area contributed by atoms with Crippen LogP contribution in [0.1, 0.15) is 6.42 Å². The van der Waals surface area contributed by atoms with Gasteiger partial charge in [-0.15, -0.1) is 0 Å². The van der Waals surface area contributed by atoms with E-state index < -0.39 is 0 Å². The van der Waals surface area contributed by atoms with Crippen molar-refractivity contribution < 1.29 is 4.74 Å². The van der Waals surface area contributed by atoms with Crippen molar-refractivity contribution in [2.75, 3.05) is 19.7 Å². The first-order valence-electron chi connectivity index (χ1n) is 4.95. The summed E-state index contributed by atoms with van der Waals surface area (Å²) in [6.45, 7) is 2.84. The quantitative estimate of drug-likeness (QED) is 0.717. The molecule has 1 radical (unpaired) electrons. The van der Waals surface area contributed by atoms with Crippen molar-refractivity contribution in [2.24, 2.45) is 0 Å². The Morgan fingerprint density at radius 1 is 1.36 bits per heavy atom. The van der Waals surface area contributed by atoms with Gasteiger partial charge in [0.25, 0.3) is 0 Å². The van der Waals surface area contributed by atoms with E-state index in [-0.39, 0.29) is 0 Å². The van der Waals surface area contributed by atoms with Crippen molar-refractivity contribution in [1.82, 2.24) is 4.90 Å². The smallest absolute Gasteiger partial charge is 0.119 e. The van der Waals surface area contributed by atoms with Crippen LogP contribution in [-0.4, -0.2) is 24.6 Å². The van der Waals surface area contributed by atoms with E-state index in [0.29, 0.717) is 0 Å². The first kappa shape index (κ1) is 9.13. The van der Waals surface area contributed by atoms with Gasteiger partial charge in [0, 0.05) is 6.54 Å². The van der Waals surface area contributed by atoms with Gasteiger partial charge in [-0.1, -0.05) is 18.2 Å². The zero-order valence-electron chi connectivity index (χ0n) is 8.15. The van der Waals surface area contributed by atoms with Crippen LogP contribution in [0.5, 0.6) is 5.75 Å². The van der Waals surface area contributed by atoms with Gasteiger partial charge in [-0.05, 0) is 30.8 Å². The molecule has 2 heteroatoms. The molecule has 0 N–H and O–H groups in total. The molecule has 0 saturated heterocycles. The second-order valence-electron chi connectivity index (χ2n) is 3.29. The molecule has 0 atom stereocenters. The van der Waals surface area contributed by atoms with Crippen LogP contribution in [0.3, 0.4) is 0 Å². The normalized spacial score (nSPS) is 14.7. The molecule has 1 heterocycles. The molecule has 0 fully saturated rings. The zero-order chi connectivity index (χ0) is 9.64. The second-order valence-corrected chi connectivity index (χ2v) is 3.29. The highest BCUT2D eigenvalue weighted by Crippen LogP contribution is 2.08. The van der Waals surface area contributed by atoms with E-state index in [0.717, 1.165) is 25.4 Å². The Hall–Kier alpha value is -1.44. The summed E-state index contributed by atoms with van der Waals surface area (Å²) < 4.78 is 5.57. The van der Waals surface area contributed by atoms with Crippen molar-refractivity contribution >= 4 is 0 Å². The predicted molar refractivity (Wildman–Crippen MR) is 56.1 cm³/mol. The zero-order valence-corrected chi connectivity index (χ0v) is 8.15. The van der Waals surface area contributed by atoms with Gasteiger partial charge in [0.1, 0.15) is 12.4 Å². The summed E-state index contributed by atoms with van der Waals surface area (Å²) in [5.41, 5.74) is 0. The molecule has 1 aromatic carbocycles. The Morgan fingerprint density at radius 3 is 2.93 bits per heavy atom. The average Bonchev–Trinajstić information content (AvgIpc) is 2.72. The van der Waals surface area contributed by atoms with Crippen LogP contribution < -0.4 is 4.74 Å². The molecule has 0 spiro atoms. The minimum atomic E-state index is 0.744. The molecule has 14 heavy (non-hydrogen) atoms. The Balaban J connectivity index is 1.70. The molecule has 1 aliphatic heterocycles. The second kappa shape index (κ2) is 4.70. The highest BCUT2D eigenvalue weighted by Gasteiger charge is 2.03. The molecule has 0 saturated carbocycles. The maximum atomic E-state index is 5.57. The van der Waals surface area contributed by atoms with Crippen molar-refractivity contribution in [3.05, 3.63) is 42.6 Å². The number of hydrogen-bond acceptors (Lipinski definition) is 2. The fraction of sp³-hybridized carbons (Fsp3) is 0.333. The van der Waals surface area contributed by atoms with Crippen molar-refractivity contribution in [2.45, 2.75) is 6.42 Å². The van der Waals surface area contributed by atoms with Crippen LogP contribution in [0.2, 0.25) is 0 Å². The van der Waals surface area contributed by atoms with E-state index >= 15 is 0 Å². The number of rotatable bonds is 4. The van der Waals surface area contributed by atoms with E-state index in [1.165, 1.54) is 6.42 Å². The lowest BCUT2D eigenvalue weighted by atomic mass is 10.3. The fourth-order valence-electron chi connectivity index (χ4n) is 1.47. The summed E-state index contributed by atoms with van der Waals surface area (Å²) in [7, 11) is 0. The predicted octanol–water partition coefficient (Wildman–Crippen LogP) is 2.08. The summed E-state index contributed by atoms with van der Waals surface area (Å²) in [4.78, 5) is 2.27. The van der Waals surface area contributed by atoms with Crippen molar-refractivity contribution in [1.29, 1.82) is 0 Å². The van der Waals surface area contributed by atoms with Crippen molar-refractivity contribution in [3.63, 3.8) is 0 Å². The third-order valence-electron chi connectivity index (χ3n) is 2.23. The molecule has 0 unspecified atom stereocenters. The first-order valence-corrected chi connectivity index (χ1v) is 4.95. The fourth-order valence-corrected chi connectivity index (χ4v) is 1.47. The lowest BCUT2D eigenvalue weighted by Crippen LogP contribution is -2.21.